The first kappa shape index (κ1) is 19.6. The van der Waals surface area contributed by atoms with Crippen molar-refractivity contribution in [3.05, 3.63) is 64.1 Å². The molecule has 3 aromatic heterocycles. The maximum atomic E-state index is 12.7. The summed E-state index contributed by atoms with van der Waals surface area (Å²) in [6, 6.07) is 7.51. The summed E-state index contributed by atoms with van der Waals surface area (Å²) in [6.07, 6.45) is 3.46. The van der Waals surface area contributed by atoms with E-state index >= 15 is 0 Å². The van der Waals surface area contributed by atoms with Crippen LogP contribution in [0.1, 0.15) is 11.8 Å². The summed E-state index contributed by atoms with van der Waals surface area (Å²) in [5.41, 5.74) is 6.29. The molecule has 0 atom stereocenters. The number of rotatable bonds is 7. The topological polar surface area (TPSA) is 108 Å². The molecule has 3 aromatic rings. The molecule has 28 heavy (non-hydrogen) atoms. The van der Waals surface area contributed by atoms with Gasteiger partial charge in [-0.15, -0.1) is 11.3 Å². The van der Waals surface area contributed by atoms with E-state index in [1.807, 2.05) is 18.2 Å². The molecule has 10 heteroatoms. The van der Waals surface area contributed by atoms with E-state index in [0.29, 0.717) is 24.3 Å². The van der Waals surface area contributed by atoms with Crippen molar-refractivity contribution in [2.45, 2.75) is 20.0 Å². The molecule has 1 amide bonds. The highest BCUT2D eigenvalue weighted by Crippen LogP contribution is 2.29. The molecular weight excluding hydrogens is 383 g/mol. The highest BCUT2D eigenvalue weighted by molar-refractivity contribution is 7.15. The normalized spacial score (nSPS) is 11.6. The summed E-state index contributed by atoms with van der Waals surface area (Å²) in [5, 5.41) is 6.67. The average Bonchev–Trinajstić information content (AvgIpc) is 3.28. The summed E-state index contributed by atoms with van der Waals surface area (Å²) in [6.45, 7) is 1.83. The summed E-state index contributed by atoms with van der Waals surface area (Å²) in [4.78, 5) is 29.6. The summed E-state index contributed by atoms with van der Waals surface area (Å²) in [5.74, 6) is 0.294. The van der Waals surface area contributed by atoms with Crippen LogP contribution in [0.25, 0.3) is 10.4 Å². The van der Waals surface area contributed by atoms with Crippen LogP contribution in [0.15, 0.2) is 53.5 Å². The number of nitrogens with zero attached hydrogens (tertiary/aromatic N) is 4. The molecule has 3 N–H and O–H groups in total. The van der Waals surface area contributed by atoms with Crippen molar-refractivity contribution in [3.8, 4) is 10.4 Å². The molecule has 0 bridgehead atoms. The van der Waals surface area contributed by atoms with Crippen molar-refractivity contribution in [3.63, 3.8) is 0 Å². The minimum Gasteiger partial charge on any atom is -0.327 e. The monoisotopic (exact) mass is 402 g/mol. The number of anilines is 1. The standard InChI is InChI=1S/C18H19FN6O2S/c1-12(26)23-17-6-14(4-5-21-17)16-3-2-15(28-16)10-24-11-22-25(18(24)27)9-13(7-19)8-20/h2-7,11H,8-10,20H2,1H3,(H,21,23,26)/b13-7-. The molecule has 0 fully saturated rings. The van der Waals surface area contributed by atoms with E-state index in [4.69, 9.17) is 5.73 Å². The second-order valence-corrected chi connectivity index (χ2v) is 7.22. The van der Waals surface area contributed by atoms with E-state index in [1.54, 1.807) is 12.3 Å². The molecule has 0 saturated heterocycles. The second kappa shape index (κ2) is 8.72. The van der Waals surface area contributed by atoms with Crippen molar-refractivity contribution in [2.75, 3.05) is 11.9 Å². The minimum atomic E-state index is -0.334. The Balaban J connectivity index is 1.76. The Labute approximate surface area is 164 Å². The number of halogens is 1. The first-order valence-corrected chi connectivity index (χ1v) is 9.25. The highest BCUT2D eigenvalue weighted by Gasteiger charge is 2.10. The third-order valence-electron chi connectivity index (χ3n) is 3.90. The van der Waals surface area contributed by atoms with E-state index in [2.05, 4.69) is 15.4 Å². The van der Waals surface area contributed by atoms with Crippen molar-refractivity contribution >= 4 is 23.1 Å². The number of hydrogen-bond donors (Lipinski definition) is 2. The summed E-state index contributed by atoms with van der Waals surface area (Å²) in [7, 11) is 0. The summed E-state index contributed by atoms with van der Waals surface area (Å²) >= 11 is 1.52. The number of carbonyl (C=O) groups is 1. The van der Waals surface area contributed by atoms with Gasteiger partial charge >= 0.3 is 5.69 Å². The Hall–Kier alpha value is -3.11. The zero-order valence-corrected chi connectivity index (χ0v) is 15.9. The van der Waals surface area contributed by atoms with Gasteiger partial charge < -0.3 is 11.1 Å². The molecule has 3 heterocycles. The molecule has 0 unspecified atom stereocenters. The van der Waals surface area contributed by atoms with E-state index < -0.39 is 0 Å². The van der Waals surface area contributed by atoms with Gasteiger partial charge in [0.05, 0.1) is 19.4 Å². The number of hydrogen-bond acceptors (Lipinski definition) is 6. The van der Waals surface area contributed by atoms with Gasteiger partial charge in [0.1, 0.15) is 12.1 Å². The lowest BCUT2D eigenvalue weighted by Crippen LogP contribution is -2.26. The molecule has 8 nitrogen and oxygen atoms in total. The predicted octanol–water partition coefficient (Wildman–Crippen LogP) is 1.99. The van der Waals surface area contributed by atoms with Crippen LogP contribution >= 0.6 is 11.3 Å². The van der Waals surface area contributed by atoms with Crippen molar-refractivity contribution in [1.82, 2.24) is 19.3 Å². The Morgan fingerprint density at radius 1 is 1.39 bits per heavy atom. The number of thiophene rings is 1. The molecule has 0 aliphatic heterocycles. The summed E-state index contributed by atoms with van der Waals surface area (Å²) < 4.78 is 15.3. The number of carbonyl (C=O) groups excluding carboxylic acids is 1. The fourth-order valence-corrected chi connectivity index (χ4v) is 3.55. The van der Waals surface area contributed by atoms with Crippen LogP contribution in [0.5, 0.6) is 0 Å². The van der Waals surface area contributed by atoms with Crippen LogP contribution in [0.3, 0.4) is 0 Å². The molecule has 0 spiro atoms. The largest absolute Gasteiger partial charge is 0.346 e. The fraction of sp³-hybridized carbons (Fsp3) is 0.222. The number of nitrogens with two attached hydrogens (primary N) is 1. The van der Waals surface area contributed by atoms with Crippen LogP contribution in [0.2, 0.25) is 0 Å². The van der Waals surface area contributed by atoms with Gasteiger partial charge in [0, 0.05) is 29.4 Å². The Morgan fingerprint density at radius 2 is 2.21 bits per heavy atom. The lowest BCUT2D eigenvalue weighted by molar-refractivity contribution is -0.114. The lowest BCUT2D eigenvalue weighted by atomic mass is 10.2. The van der Waals surface area contributed by atoms with E-state index in [0.717, 1.165) is 15.3 Å². The average molecular weight is 402 g/mol. The molecule has 0 aromatic carbocycles. The van der Waals surface area contributed by atoms with Gasteiger partial charge in [-0.2, -0.15) is 5.10 Å². The molecule has 0 saturated carbocycles. The minimum absolute atomic E-state index is 0.0243. The smallest absolute Gasteiger partial charge is 0.327 e. The van der Waals surface area contributed by atoms with Crippen LogP contribution in [-0.4, -0.2) is 31.8 Å². The van der Waals surface area contributed by atoms with Gasteiger partial charge in [0.2, 0.25) is 5.91 Å². The van der Waals surface area contributed by atoms with Crippen LogP contribution in [0, 0.1) is 0 Å². The van der Waals surface area contributed by atoms with Crippen molar-refractivity contribution in [2.24, 2.45) is 5.73 Å². The molecule has 146 valence electrons. The van der Waals surface area contributed by atoms with Gasteiger partial charge in [0.15, 0.2) is 0 Å². The molecule has 0 radical (unpaired) electrons. The van der Waals surface area contributed by atoms with Crippen molar-refractivity contribution < 1.29 is 9.18 Å². The van der Waals surface area contributed by atoms with E-state index in [-0.39, 0.29) is 24.7 Å². The maximum absolute atomic E-state index is 12.7. The number of nitrogens with one attached hydrogen (secondary N) is 1. The van der Waals surface area contributed by atoms with Gasteiger partial charge in [-0.1, -0.05) is 0 Å². The van der Waals surface area contributed by atoms with Gasteiger partial charge in [-0.3, -0.25) is 9.36 Å². The Bertz CT molecular complexity index is 1070. The quantitative estimate of drug-likeness (QED) is 0.628. The van der Waals surface area contributed by atoms with Crippen LogP contribution in [0.4, 0.5) is 10.2 Å². The number of pyridine rings is 1. The first-order valence-electron chi connectivity index (χ1n) is 8.43. The van der Waals surface area contributed by atoms with Crippen LogP contribution < -0.4 is 16.7 Å². The maximum Gasteiger partial charge on any atom is 0.346 e. The van der Waals surface area contributed by atoms with Gasteiger partial charge in [-0.25, -0.2) is 18.9 Å². The first-order chi connectivity index (χ1) is 13.5. The zero-order chi connectivity index (χ0) is 20.1. The SMILES string of the molecule is CC(=O)Nc1cc(-c2ccc(Cn3cnn(C/C(=C\F)CN)c3=O)s2)ccn1. The van der Waals surface area contributed by atoms with Crippen LogP contribution in [-0.2, 0) is 17.9 Å². The lowest BCUT2D eigenvalue weighted by Gasteiger charge is -2.03. The highest BCUT2D eigenvalue weighted by atomic mass is 32.1. The van der Waals surface area contributed by atoms with E-state index in [9.17, 15) is 14.0 Å². The van der Waals surface area contributed by atoms with Gasteiger partial charge in [0.25, 0.3) is 0 Å². The van der Waals surface area contributed by atoms with Crippen molar-refractivity contribution in [1.29, 1.82) is 0 Å². The third kappa shape index (κ3) is 4.59. The fourth-order valence-electron chi connectivity index (χ4n) is 2.54. The molecular formula is C18H19FN6O2S. The number of amides is 1. The second-order valence-electron chi connectivity index (χ2n) is 6.05. The molecule has 3 rings (SSSR count). The number of aromatic nitrogens is 4. The van der Waals surface area contributed by atoms with E-state index in [1.165, 1.54) is 33.8 Å². The third-order valence-corrected chi connectivity index (χ3v) is 5.02. The zero-order valence-electron chi connectivity index (χ0n) is 15.1. The molecule has 0 aliphatic rings. The Kier molecular flexibility index (Phi) is 6.12. The molecule has 0 aliphatic carbocycles. The Morgan fingerprint density at radius 3 is 2.93 bits per heavy atom. The van der Waals surface area contributed by atoms with Gasteiger partial charge in [-0.05, 0) is 35.4 Å². The predicted molar refractivity (Wildman–Crippen MR) is 106 cm³/mol.